The number of alkyl halides is 3. The summed E-state index contributed by atoms with van der Waals surface area (Å²) in [7, 11) is 0. The van der Waals surface area contributed by atoms with E-state index in [2.05, 4.69) is 19.6 Å². The van der Waals surface area contributed by atoms with Gasteiger partial charge in [0, 0.05) is 25.4 Å². The van der Waals surface area contributed by atoms with Crippen molar-refractivity contribution in [2.24, 2.45) is 10.7 Å². The molecule has 1 aromatic rings. The van der Waals surface area contributed by atoms with Gasteiger partial charge in [0.25, 0.3) is 0 Å². The number of hydrogen-bond donors (Lipinski definition) is 1. The molecule has 1 aromatic heterocycles. The molecular weight excluding hydrogens is 309 g/mol. The summed E-state index contributed by atoms with van der Waals surface area (Å²) in [5, 5.41) is 0. The Morgan fingerprint density at radius 3 is 2.48 bits per heavy atom. The van der Waals surface area contributed by atoms with E-state index < -0.39 is 12.8 Å². The Kier molecular flexibility index (Phi) is 6.06. The maximum absolute atomic E-state index is 12.0. The highest BCUT2D eigenvalue weighted by atomic mass is 19.4. The summed E-state index contributed by atoms with van der Waals surface area (Å²) >= 11 is 0. The zero-order valence-electron chi connectivity index (χ0n) is 12.9. The van der Waals surface area contributed by atoms with Crippen LogP contribution in [0.25, 0.3) is 0 Å². The summed E-state index contributed by atoms with van der Waals surface area (Å²) in [4.78, 5) is 10.2. The molecule has 1 aliphatic rings. The maximum atomic E-state index is 12.0. The first-order valence-electron chi connectivity index (χ1n) is 7.63. The van der Waals surface area contributed by atoms with Crippen molar-refractivity contribution in [3.05, 3.63) is 23.9 Å². The third-order valence-electron chi connectivity index (χ3n) is 3.54. The fourth-order valence-corrected chi connectivity index (χ4v) is 2.32. The minimum absolute atomic E-state index is 0.0597. The molecule has 0 radical (unpaired) electrons. The molecule has 0 aliphatic carbocycles. The number of ether oxygens (including phenoxy) is 1. The second-order valence-corrected chi connectivity index (χ2v) is 5.48. The van der Waals surface area contributed by atoms with Crippen molar-refractivity contribution in [2.45, 2.75) is 38.4 Å². The highest BCUT2D eigenvalue weighted by molar-refractivity contribution is 5.78. The molecule has 2 N–H and O–H groups in total. The topological polar surface area (TPSA) is 63.7 Å². The minimum atomic E-state index is -4.37. The Bertz CT molecular complexity index is 508. The molecule has 0 spiro atoms. The van der Waals surface area contributed by atoms with Gasteiger partial charge in [-0.25, -0.2) is 9.98 Å². The van der Waals surface area contributed by atoms with Crippen LogP contribution in [0.4, 0.5) is 13.2 Å². The van der Waals surface area contributed by atoms with E-state index in [0.29, 0.717) is 12.5 Å². The van der Waals surface area contributed by atoms with Crippen molar-refractivity contribution < 1.29 is 17.9 Å². The van der Waals surface area contributed by atoms with Gasteiger partial charge < -0.3 is 15.4 Å². The average Bonchev–Trinajstić information content (AvgIpc) is 2.80. The number of likely N-dealkylation sites (tertiary alicyclic amines) is 1. The minimum Gasteiger partial charge on any atom is -0.468 e. The molecule has 23 heavy (non-hydrogen) atoms. The van der Waals surface area contributed by atoms with Crippen molar-refractivity contribution >= 4 is 5.96 Å². The molecule has 128 valence electrons. The van der Waals surface area contributed by atoms with Crippen LogP contribution in [0.2, 0.25) is 0 Å². The lowest BCUT2D eigenvalue weighted by Gasteiger charge is -2.21. The van der Waals surface area contributed by atoms with Crippen LogP contribution in [-0.4, -0.2) is 41.7 Å². The molecule has 5 nitrogen and oxygen atoms in total. The van der Waals surface area contributed by atoms with Crippen LogP contribution in [-0.2, 0) is 6.54 Å². The molecule has 1 fully saturated rings. The van der Waals surface area contributed by atoms with Crippen LogP contribution in [0.5, 0.6) is 5.88 Å². The fourth-order valence-electron chi connectivity index (χ4n) is 2.32. The van der Waals surface area contributed by atoms with Gasteiger partial charge in [0.15, 0.2) is 12.6 Å². The van der Waals surface area contributed by atoms with Crippen molar-refractivity contribution in [3.63, 3.8) is 0 Å². The second-order valence-electron chi connectivity index (χ2n) is 5.48. The summed E-state index contributed by atoms with van der Waals surface area (Å²) in [5.41, 5.74) is 6.76. The maximum Gasteiger partial charge on any atom is 0.422 e. The van der Waals surface area contributed by atoms with Gasteiger partial charge in [0.2, 0.25) is 5.88 Å². The molecule has 0 saturated carbocycles. The lowest BCUT2D eigenvalue weighted by atomic mass is 10.2. The summed E-state index contributed by atoms with van der Waals surface area (Å²) < 4.78 is 40.7. The predicted molar refractivity (Wildman–Crippen MR) is 81.2 cm³/mol. The van der Waals surface area contributed by atoms with Gasteiger partial charge in [-0.3, -0.25) is 0 Å². The number of halogens is 3. The van der Waals surface area contributed by atoms with Gasteiger partial charge >= 0.3 is 6.18 Å². The van der Waals surface area contributed by atoms with Crippen LogP contribution >= 0.6 is 0 Å². The zero-order chi connectivity index (χ0) is 16.7. The molecule has 0 bridgehead atoms. The van der Waals surface area contributed by atoms with Gasteiger partial charge in [-0.2, -0.15) is 13.2 Å². The number of nitrogens with two attached hydrogens (primary N) is 1. The number of nitrogens with zero attached hydrogens (tertiary/aromatic N) is 3. The number of hydrogen-bond acceptors (Lipinski definition) is 3. The van der Waals surface area contributed by atoms with E-state index in [4.69, 9.17) is 5.73 Å². The van der Waals surface area contributed by atoms with Crippen molar-refractivity contribution in [2.75, 3.05) is 19.7 Å². The van der Waals surface area contributed by atoms with E-state index >= 15 is 0 Å². The number of guanidine groups is 1. The van der Waals surface area contributed by atoms with Crippen molar-refractivity contribution in [1.29, 1.82) is 0 Å². The largest absolute Gasteiger partial charge is 0.468 e. The van der Waals surface area contributed by atoms with Crippen LogP contribution in [0.15, 0.2) is 23.3 Å². The molecule has 0 unspecified atom stereocenters. The first kappa shape index (κ1) is 17.4. The van der Waals surface area contributed by atoms with E-state index in [0.717, 1.165) is 31.5 Å². The van der Waals surface area contributed by atoms with Crippen LogP contribution in [0, 0.1) is 0 Å². The van der Waals surface area contributed by atoms with E-state index in [-0.39, 0.29) is 5.88 Å². The normalized spacial score (nSPS) is 17.0. The van der Waals surface area contributed by atoms with Gasteiger partial charge in [0.05, 0.1) is 6.54 Å². The van der Waals surface area contributed by atoms with Crippen LogP contribution in [0.1, 0.15) is 31.2 Å². The van der Waals surface area contributed by atoms with Crippen LogP contribution in [0.3, 0.4) is 0 Å². The van der Waals surface area contributed by atoms with E-state index in [1.54, 1.807) is 6.07 Å². The average molecular weight is 330 g/mol. The van der Waals surface area contributed by atoms with Crippen LogP contribution < -0.4 is 10.5 Å². The standard InChI is InChI=1S/C15H21F3N4O/c16-15(17,18)11-23-13-6-5-12(9-20-13)10-21-14(19)22-7-3-1-2-4-8-22/h5-6,9H,1-4,7-8,10-11H2,(H2,19,21). The summed E-state index contributed by atoms with van der Waals surface area (Å²) in [6.07, 6.45) is 1.74. The fraction of sp³-hybridized carbons (Fsp3) is 0.600. The summed E-state index contributed by atoms with van der Waals surface area (Å²) in [6, 6.07) is 3.04. The monoisotopic (exact) mass is 330 g/mol. The Morgan fingerprint density at radius 2 is 1.91 bits per heavy atom. The second kappa shape index (κ2) is 8.03. The predicted octanol–water partition coefficient (Wildman–Crippen LogP) is 2.71. The molecular formula is C15H21F3N4O. The van der Waals surface area contributed by atoms with Crippen molar-refractivity contribution in [3.8, 4) is 5.88 Å². The third-order valence-corrected chi connectivity index (χ3v) is 3.54. The van der Waals surface area contributed by atoms with E-state index in [1.807, 2.05) is 0 Å². The molecule has 0 aromatic carbocycles. The Morgan fingerprint density at radius 1 is 1.22 bits per heavy atom. The molecule has 1 aliphatic heterocycles. The molecule has 2 rings (SSSR count). The number of rotatable bonds is 4. The lowest BCUT2D eigenvalue weighted by molar-refractivity contribution is -0.154. The molecule has 1 saturated heterocycles. The third kappa shape index (κ3) is 6.33. The number of aliphatic imine (C=N–C) groups is 1. The van der Waals surface area contributed by atoms with Gasteiger partial charge in [0.1, 0.15) is 0 Å². The summed E-state index contributed by atoms with van der Waals surface area (Å²) in [6.45, 7) is 0.823. The lowest BCUT2D eigenvalue weighted by Crippen LogP contribution is -2.38. The Labute approximate surface area is 133 Å². The SMILES string of the molecule is NC(=NCc1ccc(OCC(F)(F)F)nc1)N1CCCCCC1. The first-order valence-corrected chi connectivity index (χ1v) is 7.63. The highest BCUT2D eigenvalue weighted by Crippen LogP contribution is 2.17. The Balaban J connectivity index is 1.86. The molecule has 2 heterocycles. The number of pyridine rings is 1. The highest BCUT2D eigenvalue weighted by Gasteiger charge is 2.28. The molecule has 8 heteroatoms. The quantitative estimate of drug-likeness (QED) is 0.681. The van der Waals surface area contributed by atoms with Gasteiger partial charge in [-0.1, -0.05) is 18.9 Å². The van der Waals surface area contributed by atoms with E-state index in [1.165, 1.54) is 25.1 Å². The van der Waals surface area contributed by atoms with E-state index in [9.17, 15) is 13.2 Å². The van der Waals surface area contributed by atoms with Crippen molar-refractivity contribution in [1.82, 2.24) is 9.88 Å². The smallest absolute Gasteiger partial charge is 0.422 e. The number of aromatic nitrogens is 1. The first-order chi connectivity index (χ1) is 10.9. The van der Waals surface area contributed by atoms with Gasteiger partial charge in [-0.05, 0) is 18.4 Å². The summed E-state index contributed by atoms with van der Waals surface area (Å²) in [5.74, 6) is 0.444. The molecule has 0 atom stereocenters. The van der Waals surface area contributed by atoms with Gasteiger partial charge in [-0.15, -0.1) is 0 Å². The molecule has 0 amide bonds. The Hall–Kier alpha value is -1.99. The zero-order valence-corrected chi connectivity index (χ0v) is 12.9.